The molecule has 162 valence electrons. The van der Waals surface area contributed by atoms with Crippen molar-refractivity contribution in [2.75, 3.05) is 33.9 Å². The Morgan fingerprint density at radius 2 is 1.84 bits per heavy atom. The number of nitrogens with zero attached hydrogens (tertiary/aromatic N) is 2. The van der Waals surface area contributed by atoms with Gasteiger partial charge in [0.25, 0.3) is 5.91 Å². The van der Waals surface area contributed by atoms with Crippen LogP contribution in [0, 0.1) is 0 Å². The maximum Gasteiger partial charge on any atom is 0.255 e. The average Bonchev–Trinajstić information content (AvgIpc) is 3.22. The molecule has 0 fully saturated rings. The highest BCUT2D eigenvalue weighted by molar-refractivity contribution is 6.01. The van der Waals surface area contributed by atoms with Gasteiger partial charge in [0.1, 0.15) is 11.4 Å². The first-order valence-electron chi connectivity index (χ1n) is 9.90. The number of rotatable bonds is 10. The van der Waals surface area contributed by atoms with Gasteiger partial charge in [0.15, 0.2) is 0 Å². The summed E-state index contributed by atoms with van der Waals surface area (Å²) in [4.78, 5) is 24.8. The molecule has 0 spiro atoms. The maximum absolute atomic E-state index is 12.9. The van der Waals surface area contributed by atoms with Crippen molar-refractivity contribution < 1.29 is 19.1 Å². The molecule has 0 atom stereocenters. The molecular formula is C23H26N4O4. The normalized spacial score (nSPS) is 10.5. The third kappa shape index (κ3) is 6.16. The lowest BCUT2D eigenvalue weighted by Gasteiger charge is -2.07. The Hall–Kier alpha value is -3.65. The number of ether oxygens (including phenoxy) is 2. The van der Waals surface area contributed by atoms with Crippen molar-refractivity contribution >= 4 is 11.8 Å². The minimum Gasteiger partial charge on any atom is -0.497 e. The van der Waals surface area contributed by atoms with Gasteiger partial charge in [-0.1, -0.05) is 42.5 Å². The van der Waals surface area contributed by atoms with Gasteiger partial charge in [-0.2, -0.15) is 5.10 Å². The highest BCUT2D eigenvalue weighted by Crippen LogP contribution is 2.26. The topological polar surface area (TPSA) is 94.5 Å². The van der Waals surface area contributed by atoms with E-state index in [0.717, 1.165) is 11.1 Å². The lowest BCUT2D eigenvalue weighted by molar-refractivity contribution is -0.120. The minimum absolute atomic E-state index is 0.135. The zero-order chi connectivity index (χ0) is 22.1. The molecule has 0 aliphatic heterocycles. The van der Waals surface area contributed by atoms with E-state index in [-0.39, 0.29) is 18.4 Å². The number of hydrogen-bond donors (Lipinski definition) is 2. The minimum atomic E-state index is -0.376. The lowest BCUT2D eigenvalue weighted by atomic mass is 10.1. The van der Waals surface area contributed by atoms with Crippen LogP contribution in [0.1, 0.15) is 15.9 Å². The molecule has 0 aliphatic rings. The Balaban J connectivity index is 1.82. The monoisotopic (exact) mass is 422 g/mol. The van der Waals surface area contributed by atoms with Gasteiger partial charge in [-0.15, -0.1) is 0 Å². The number of amides is 2. The van der Waals surface area contributed by atoms with Gasteiger partial charge in [0, 0.05) is 25.4 Å². The first-order chi connectivity index (χ1) is 15.1. The summed E-state index contributed by atoms with van der Waals surface area (Å²) >= 11 is 0. The Morgan fingerprint density at radius 1 is 1.03 bits per heavy atom. The number of nitrogens with one attached hydrogen (secondary N) is 2. The second-order valence-electron chi connectivity index (χ2n) is 6.83. The molecule has 2 N–H and O–H groups in total. The van der Waals surface area contributed by atoms with Crippen LogP contribution in [0.15, 0.2) is 60.8 Å². The van der Waals surface area contributed by atoms with Crippen LogP contribution in [-0.4, -0.2) is 55.5 Å². The summed E-state index contributed by atoms with van der Waals surface area (Å²) in [5, 5.41) is 9.98. The van der Waals surface area contributed by atoms with Crippen LogP contribution >= 0.6 is 0 Å². The number of carbonyl (C=O) groups is 2. The zero-order valence-corrected chi connectivity index (χ0v) is 17.6. The van der Waals surface area contributed by atoms with Crippen molar-refractivity contribution in [1.82, 2.24) is 20.4 Å². The molecule has 0 aliphatic carbocycles. The van der Waals surface area contributed by atoms with Gasteiger partial charge >= 0.3 is 0 Å². The van der Waals surface area contributed by atoms with Crippen molar-refractivity contribution in [2.45, 2.75) is 6.54 Å². The van der Waals surface area contributed by atoms with Crippen molar-refractivity contribution in [3.05, 3.63) is 71.9 Å². The Bertz CT molecular complexity index is 1020. The predicted octanol–water partition coefficient (Wildman–Crippen LogP) is 2.10. The van der Waals surface area contributed by atoms with Gasteiger partial charge in [-0.3, -0.25) is 14.3 Å². The van der Waals surface area contributed by atoms with Crippen LogP contribution in [0.4, 0.5) is 0 Å². The van der Waals surface area contributed by atoms with Gasteiger partial charge in [-0.25, -0.2) is 0 Å². The molecule has 0 bridgehead atoms. The molecular weight excluding hydrogens is 396 g/mol. The van der Waals surface area contributed by atoms with Crippen LogP contribution in [0.25, 0.3) is 11.3 Å². The Morgan fingerprint density at radius 3 is 2.58 bits per heavy atom. The van der Waals surface area contributed by atoms with Gasteiger partial charge in [-0.05, 0) is 17.7 Å². The molecule has 3 aromatic rings. The van der Waals surface area contributed by atoms with E-state index in [1.165, 1.54) is 0 Å². The molecule has 0 radical (unpaired) electrons. The van der Waals surface area contributed by atoms with E-state index >= 15 is 0 Å². The van der Waals surface area contributed by atoms with E-state index in [1.807, 2.05) is 54.6 Å². The smallest absolute Gasteiger partial charge is 0.255 e. The van der Waals surface area contributed by atoms with Crippen LogP contribution in [0.5, 0.6) is 5.75 Å². The van der Waals surface area contributed by atoms with Crippen molar-refractivity contribution in [3.8, 4) is 17.0 Å². The highest BCUT2D eigenvalue weighted by Gasteiger charge is 2.19. The quantitative estimate of drug-likeness (QED) is 0.488. The predicted molar refractivity (Wildman–Crippen MR) is 117 cm³/mol. The summed E-state index contributed by atoms with van der Waals surface area (Å²) in [6, 6.07) is 17.2. The second kappa shape index (κ2) is 10.9. The molecule has 3 rings (SSSR count). The van der Waals surface area contributed by atoms with Gasteiger partial charge in [0.05, 0.1) is 32.4 Å². The van der Waals surface area contributed by atoms with E-state index in [0.29, 0.717) is 36.7 Å². The number of aromatic nitrogens is 2. The first kappa shape index (κ1) is 22.0. The first-order valence-corrected chi connectivity index (χ1v) is 9.90. The summed E-state index contributed by atoms with van der Waals surface area (Å²) in [6.45, 7) is 1.17. The van der Waals surface area contributed by atoms with Crippen molar-refractivity contribution in [2.24, 2.45) is 0 Å². The average molecular weight is 422 g/mol. The fourth-order valence-corrected chi connectivity index (χ4v) is 3.03. The van der Waals surface area contributed by atoms with E-state index in [9.17, 15) is 9.59 Å². The SMILES string of the molecule is COCCNC(=O)CNC(=O)c1cn(Cc2ccccc2)nc1-c1cccc(OC)c1. The molecule has 0 unspecified atom stereocenters. The fourth-order valence-electron chi connectivity index (χ4n) is 3.03. The summed E-state index contributed by atoms with van der Waals surface area (Å²) in [5.41, 5.74) is 2.72. The van der Waals surface area contributed by atoms with Gasteiger partial charge < -0.3 is 20.1 Å². The third-order valence-corrected chi connectivity index (χ3v) is 4.57. The Kier molecular flexibility index (Phi) is 7.78. The van der Waals surface area contributed by atoms with Crippen LogP contribution < -0.4 is 15.4 Å². The largest absolute Gasteiger partial charge is 0.497 e. The zero-order valence-electron chi connectivity index (χ0n) is 17.6. The van der Waals surface area contributed by atoms with Crippen molar-refractivity contribution in [1.29, 1.82) is 0 Å². The highest BCUT2D eigenvalue weighted by atomic mass is 16.5. The maximum atomic E-state index is 12.9. The Labute approximate surface area is 181 Å². The molecule has 1 heterocycles. The van der Waals surface area contributed by atoms with E-state index in [2.05, 4.69) is 15.7 Å². The fraction of sp³-hybridized carbons (Fsp3) is 0.261. The molecule has 1 aromatic heterocycles. The molecule has 0 saturated carbocycles. The van der Waals surface area contributed by atoms with Crippen LogP contribution in [0.2, 0.25) is 0 Å². The van der Waals surface area contributed by atoms with Crippen LogP contribution in [0.3, 0.4) is 0 Å². The van der Waals surface area contributed by atoms with Crippen molar-refractivity contribution in [3.63, 3.8) is 0 Å². The molecule has 0 saturated heterocycles. The molecule has 2 aromatic carbocycles. The standard InChI is InChI=1S/C23H26N4O4/c1-30-12-11-24-21(28)14-25-23(29)20-16-27(15-17-7-4-3-5-8-17)26-22(20)18-9-6-10-19(13-18)31-2/h3-10,13,16H,11-12,14-15H2,1-2H3,(H,24,28)(H,25,29). The third-order valence-electron chi connectivity index (χ3n) is 4.57. The van der Waals surface area contributed by atoms with E-state index in [4.69, 9.17) is 9.47 Å². The number of benzene rings is 2. The number of hydrogen-bond acceptors (Lipinski definition) is 5. The number of carbonyl (C=O) groups excluding carboxylic acids is 2. The summed E-state index contributed by atoms with van der Waals surface area (Å²) < 4.78 is 11.9. The summed E-state index contributed by atoms with van der Waals surface area (Å²) in [7, 11) is 3.14. The summed E-state index contributed by atoms with van der Waals surface area (Å²) in [5.74, 6) is 0.00280. The summed E-state index contributed by atoms with van der Waals surface area (Å²) in [6.07, 6.45) is 1.69. The molecule has 8 heteroatoms. The molecule has 2 amide bonds. The lowest BCUT2D eigenvalue weighted by Crippen LogP contribution is -2.38. The van der Waals surface area contributed by atoms with Crippen LogP contribution in [-0.2, 0) is 16.1 Å². The molecule has 8 nitrogen and oxygen atoms in total. The number of methoxy groups -OCH3 is 2. The van der Waals surface area contributed by atoms with E-state index < -0.39 is 0 Å². The molecule has 31 heavy (non-hydrogen) atoms. The second-order valence-corrected chi connectivity index (χ2v) is 6.83. The van der Waals surface area contributed by atoms with E-state index in [1.54, 1.807) is 25.1 Å². The van der Waals surface area contributed by atoms with Gasteiger partial charge in [0.2, 0.25) is 5.91 Å².